The van der Waals surface area contributed by atoms with Gasteiger partial charge in [0.05, 0.1) is 6.10 Å². The third-order valence-electron chi connectivity index (χ3n) is 1.98. The Bertz CT molecular complexity index is 185. The van der Waals surface area contributed by atoms with E-state index in [1.54, 1.807) is 7.11 Å². The molecule has 76 valence electrons. The van der Waals surface area contributed by atoms with Crippen molar-refractivity contribution < 1.29 is 4.74 Å². The van der Waals surface area contributed by atoms with E-state index in [1.807, 2.05) is 0 Å². The van der Waals surface area contributed by atoms with Gasteiger partial charge < -0.3 is 4.74 Å². The summed E-state index contributed by atoms with van der Waals surface area (Å²) in [5.41, 5.74) is 2.81. The molecule has 0 aromatic carbocycles. The van der Waals surface area contributed by atoms with E-state index in [0.717, 1.165) is 12.8 Å². The summed E-state index contributed by atoms with van der Waals surface area (Å²) in [6, 6.07) is 0. The molecule has 0 N–H and O–H groups in total. The number of ether oxygens (including phenoxy) is 1. The zero-order chi connectivity index (χ0) is 10.3. The summed E-state index contributed by atoms with van der Waals surface area (Å²) in [5.74, 6) is 0. The topological polar surface area (TPSA) is 9.23 Å². The van der Waals surface area contributed by atoms with Crippen LogP contribution >= 0.6 is 0 Å². The third kappa shape index (κ3) is 7.79. The molecule has 0 saturated heterocycles. The minimum absolute atomic E-state index is 0.242. The molecule has 0 spiro atoms. The van der Waals surface area contributed by atoms with Crippen LogP contribution in [0.3, 0.4) is 0 Å². The van der Waals surface area contributed by atoms with Crippen molar-refractivity contribution in [2.24, 2.45) is 0 Å². The third-order valence-corrected chi connectivity index (χ3v) is 1.98. The van der Waals surface area contributed by atoms with E-state index >= 15 is 0 Å². The fourth-order valence-corrected chi connectivity index (χ4v) is 1.14. The second kappa shape index (κ2) is 6.90. The molecule has 0 aliphatic rings. The quantitative estimate of drug-likeness (QED) is 0.589. The molecule has 0 aliphatic carbocycles. The molecule has 13 heavy (non-hydrogen) atoms. The van der Waals surface area contributed by atoms with Gasteiger partial charge in [0.1, 0.15) is 0 Å². The summed E-state index contributed by atoms with van der Waals surface area (Å²) in [6.07, 6.45) is 6.97. The first-order chi connectivity index (χ1) is 6.06. The SMILES string of the molecule is COC(C)/C=C(/C)CCC=C(C)C. The number of hydrogen-bond acceptors (Lipinski definition) is 1. The first-order valence-electron chi connectivity index (χ1n) is 4.89. The van der Waals surface area contributed by atoms with Gasteiger partial charge in [0.15, 0.2) is 0 Å². The Morgan fingerprint density at radius 1 is 1.31 bits per heavy atom. The standard InChI is InChI=1S/C12H22O/c1-10(2)7-6-8-11(3)9-12(4)13-5/h7,9,12H,6,8H2,1-5H3/b11-9-. The lowest BCUT2D eigenvalue weighted by atomic mass is 10.1. The zero-order valence-electron chi connectivity index (χ0n) is 9.55. The number of hydrogen-bond donors (Lipinski definition) is 0. The van der Waals surface area contributed by atoms with Crippen molar-refractivity contribution in [2.75, 3.05) is 7.11 Å². The van der Waals surface area contributed by atoms with E-state index in [1.165, 1.54) is 11.1 Å². The molecular formula is C12H22O. The van der Waals surface area contributed by atoms with Crippen LogP contribution in [-0.4, -0.2) is 13.2 Å². The van der Waals surface area contributed by atoms with Crippen molar-refractivity contribution in [1.29, 1.82) is 0 Å². The highest BCUT2D eigenvalue weighted by atomic mass is 16.5. The largest absolute Gasteiger partial charge is 0.378 e. The highest BCUT2D eigenvalue weighted by Crippen LogP contribution is 2.08. The maximum absolute atomic E-state index is 5.16. The molecule has 0 aromatic rings. The molecule has 0 aromatic heterocycles. The van der Waals surface area contributed by atoms with Crippen LogP contribution in [0.1, 0.15) is 40.5 Å². The second-order valence-electron chi connectivity index (χ2n) is 3.77. The Kier molecular flexibility index (Phi) is 6.61. The zero-order valence-corrected chi connectivity index (χ0v) is 9.55. The van der Waals surface area contributed by atoms with Crippen LogP contribution in [0.5, 0.6) is 0 Å². The van der Waals surface area contributed by atoms with Gasteiger partial charge in [-0.1, -0.05) is 23.3 Å². The molecule has 0 rings (SSSR count). The van der Waals surface area contributed by atoms with Gasteiger partial charge in [-0.25, -0.2) is 0 Å². The van der Waals surface area contributed by atoms with Crippen molar-refractivity contribution in [3.05, 3.63) is 23.3 Å². The predicted octanol–water partition coefficient (Wildman–Crippen LogP) is 3.71. The molecular weight excluding hydrogens is 160 g/mol. The maximum atomic E-state index is 5.16. The van der Waals surface area contributed by atoms with Crippen molar-refractivity contribution in [2.45, 2.75) is 46.6 Å². The lowest BCUT2D eigenvalue weighted by Gasteiger charge is -2.05. The molecule has 1 nitrogen and oxygen atoms in total. The lowest BCUT2D eigenvalue weighted by Crippen LogP contribution is -2.00. The second-order valence-corrected chi connectivity index (χ2v) is 3.77. The van der Waals surface area contributed by atoms with Gasteiger partial charge in [-0.3, -0.25) is 0 Å². The van der Waals surface area contributed by atoms with Gasteiger partial charge >= 0.3 is 0 Å². The van der Waals surface area contributed by atoms with E-state index in [4.69, 9.17) is 4.74 Å². The molecule has 0 heterocycles. The van der Waals surface area contributed by atoms with Gasteiger partial charge in [0.2, 0.25) is 0 Å². The van der Waals surface area contributed by atoms with Crippen LogP contribution in [0.25, 0.3) is 0 Å². The van der Waals surface area contributed by atoms with Gasteiger partial charge in [0.25, 0.3) is 0 Å². The first kappa shape index (κ1) is 12.4. The van der Waals surface area contributed by atoms with Gasteiger partial charge in [-0.05, 0) is 40.5 Å². The van der Waals surface area contributed by atoms with Crippen molar-refractivity contribution in [3.63, 3.8) is 0 Å². The van der Waals surface area contributed by atoms with E-state index in [0.29, 0.717) is 0 Å². The Morgan fingerprint density at radius 3 is 2.38 bits per heavy atom. The molecule has 0 amide bonds. The fraction of sp³-hybridized carbons (Fsp3) is 0.667. The van der Waals surface area contributed by atoms with Crippen LogP contribution in [-0.2, 0) is 4.74 Å². The molecule has 1 heteroatoms. The Balaban J connectivity index is 3.80. The average molecular weight is 182 g/mol. The summed E-state index contributed by atoms with van der Waals surface area (Å²) in [4.78, 5) is 0. The molecule has 1 unspecified atom stereocenters. The smallest absolute Gasteiger partial charge is 0.0726 e. The number of rotatable bonds is 5. The molecule has 0 fully saturated rings. The van der Waals surface area contributed by atoms with E-state index in [9.17, 15) is 0 Å². The fourth-order valence-electron chi connectivity index (χ4n) is 1.14. The van der Waals surface area contributed by atoms with Crippen LogP contribution in [0.2, 0.25) is 0 Å². The van der Waals surface area contributed by atoms with Crippen LogP contribution in [0.4, 0.5) is 0 Å². The summed E-state index contributed by atoms with van der Waals surface area (Å²) in [6.45, 7) is 8.49. The van der Waals surface area contributed by atoms with Gasteiger partial charge in [-0.2, -0.15) is 0 Å². The van der Waals surface area contributed by atoms with Crippen molar-refractivity contribution >= 4 is 0 Å². The molecule has 0 radical (unpaired) electrons. The summed E-state index contributed by atoms with van der Waals surface area (Å²) >= 11 is 0. The lowest BCUT2D eigenvalue weighted by molar-refractivity contribution is 0.155. The summed E-state index contributed by atoms with van der Waals surface area (Å²) in [7, 11) is 1.74. The number of methoxy groups -OCH3 is 1. The minimum atomic E-state index is 0.242. The predicted molar refractivity (Wildman–Crippen MR) is 58.9 cm³/mol. The Labute approximate surface area is 82.5 Å². The van der Waals surface area contributed by atoms with E-state index in [2.05, 4.69) is 39.8 Å². The highest BCUT2D eigenvalue weighted by molar-refractivity contribution is 5.04. The molecule has 1 atom stereocenters. The van der Waals surface area contributed by atoms with Crippen molar-refractivity contribution in [1.82, 2.24) is 0 Å². The van der Waals surface area contributed by atoms with E-state index < -0.39 is 0 Å². The molecule has 0 saturated carbocycles. The summed E-state index contributed by atoms with van der Waals surface area (Å²) in [5, 5.41) is 0. The Morgan fingerprint density at radius 2 is 1.92 bits per heavy atom. The van der Waals surface area contributed by atoms with Crippen molar-refractivity contribution in [3.8, 4) is 0 Å². The van der Waals surface area contributed by atoms with E-state index in [-0.39, 0.29) is 6.10 Å². The maximum Gasteiger partial charge on any atom is 0.0726 e. The van der Waals surface area contributed by atoms with Crippen LogP contribution < -0.4 is 0 Å². The monoisotopic (exact) mass is 182 g/mol. The average Bonchev–Trinajstić information content (AvgIpc) is 2.03. The number of allylic oxidation sites excluding steroid dienone is 3. The van der Waals surface area contributed by atoms with Crippen LogP contribution in [0.15, 0.2) is 23.3 Å². The minimum Gasteiger partial charge on any atom is -0.378 e. The molecule has 0 bridgehead atoms. The van der Waals surface area contributed by atoms with Gasteiger partial charge in [-0.15, -0.1) is 0 Å². The summed E-state index contributed by atoms with van der Waals surface area (Å²) < 4.78 is 5.16. The normalized spacial score (nSPS) is 14.1. The first-order valence-corrected chi connectivity index (χ1v) is 4.89. The molecule has 0 aliphatic heterocycles. The highest BCUT2D eigenvalue weighted by Gasteiger charge is 1.94. The Hall–Kier alpha value is -0.560. The van der Waals surface area contributed by atoms with Gasteiger partial charge in [0, 0.05) is 7.11 Å². The van der Waals surface area contributed by atoms with Crippen LogP contribution in [0, 0.1) is 0 Å².